The largest absolute Gasteiger partial charge is 0.481 e. The first kappa shape index (κ1) is 28.5. The van der Waals surface area contributed by atoms with Gasteiger partial charge in [-0.3, -0.25) is 9.59 Å². The maximum absolute atomic E-state index is 13.5. The number of aliphatic hydroxyl groups is 1. The molecule has 1 aliphatic rings. The summed E-state index contributed by atoms with van der Waals surface area (Å²) < 4.78 is 6.96. The van der Waals surface area contributed by atoms with Gasteiger partial charge in [0.25, 0.3) is 0 Å². The molecule has 3 heterocycles. The summed E-state index contributed by atoms with van der Waals surface area (Å²) in [6.07, 6.45) is 3.61. The second kappa shape index (κ2) is 12.6. The van der Waals surface area contributed by atoms with E-state index in [2.05, 4.69) is 25.9 Å². The number of carboxylic acid groups (broad SMARTS) is 2. The minimum absolute atomic E-state index is 0.0722. The van der Waals surface area contributed by atoms with Crippen LogP contribution in [0.5, 0.6) is 0 Å². The number of methoxy groups -OCH3 is 1. The van der Waals surface area contributed by atoms with E-state index in [9.17, 15) is 29.4 Å². The summed E-state index contributed by atoms with van der Waals surface area (Å²) in [4.78, 5) is 48.2. The predicted octanol–water partition coefficient (Wildman–Crippen LogP) is 0.583. The number of nitrogens with zero attached hydrogens (tertiary/aromatic N) is 6. The molecule has 40 heavy (non-hydrogen) atoms. The number of benzene rings is 1. The van der Waals surface area contributed by atoms with Crippen molar-refractivity contribution in [3.05, 3.63) is 36.2 Å². The molecule has 3 aromatic rings. The minimum Gasteiger partial charge on any atom is -0.481 e. The first-order valence-corrected chi connectivity index (χ1v) is 12.6. The van der Waals surface area contributed by atoms with Gasteiger partial charge in [-0.2, -0.15) is 0 Å². The number of esters is 1. The molecule has 0 saturated carbocycles. The Morgan fingerprint density at radius 2 is 1.55 bits per heavy atom. The maximum atomic E-state index is 13.5. The van der Waals surface area contributed by atoms with Gasteiger partial charge >= 0.3 is 17.9 Å². The molecule has 2 atom stereocenters. The molecule has 1 aromatic carbocycles. The molecule has 1 fully saturated rings. The van der Waals surface area contributed by atoms with Crippen LogP contribution in [0.25, 0.3) is 22.5 Å². The Morgan fingerprint density at radius 3 is 2.05 bits per heavy atom. The molecule has 15 heteroatoms. The van der Waals surface area contributed by atoms with Crippen LogP contribution < -0.4 is 5.32 Å². The first-order valence-electron chi connectivity index (χ1n) is 12.6. The average molecular weight is 556 g/mol. The summed E-state index contributed by atoms with van der Waals surface area (Å²) >= 11 is 0. The fourth-order valence-electron chi connectivity index (χ4n) is 4.54. The Hall–Kier alpha value is -4.50. The highest BCUT2D eigenvalue weighted by Gasteiger charge is 2.27. The monoisotopic (exact) mass is 555 g/mol. The number of aromatic nitrogens is 6. The predicted molar refractivity (Wildman–Crippen MR) is 136 cm³/mol. The van der Waals surface area contributed by atoms with Gasteiger partial charge in [0.1, 0.15) is 11.4 Å². The average Bonchev–Trinajstić information content (AvgIpc) is 3.64. The van der Waals surface area contributed by atoms with E-state index in [1.165, 1.54) is 24.2 Å². The number of rotatable bonds is 12. The standard InChI is InChI=1S/C25H29N7O8/c1-40-25(39)21(13-33)32-12-19(28-30-32)16-8-15(9-17(10-16)23(36)14-4-6-26-7-5-14)18-11-31(29-27-18)20(24(37)38)2-3-22(34)35/h8-12,14,20-21,26,33H,2-7,13H2,1H3,(H,34,35)(H,37,38)/t20-,21-/m0/s1. The van der Waals surface area contributed by atoms with Crippen LogP contribution in [0.2, 0.25) is 0 Å². The smallest absolute Gasteiger partial charge is 0.333 e. The zero-order valence-corrected chi connectivity index (χ0v) is 21.6. The molecule has 0 radical (unpaired) electrons. The number of carbonyl (C=O) groups excluding carboxylic acids is 2. The molecule has 15 nitrogen and oxygen atoms in total. The van der Waals surface area contributed by atoms with Gasteiger partial charge < -0.3 is 25.4 Å². The Morgan fingerprint density at radius 1 is 0.975 bits per heavy atom. The molecule has 0 aliphatic carbocycles. The van der Waals surface area contributed by atoms with E-state index in [1.54, 1.807) is 18.2 Å². The number of hydrogen-bond acceptors (Lipinski definition) is 11. The van der Waals surface area contributed by atoms with Gasteiger partial charge in [-0.05, 0) is 50.6 Å². The van der Waals surface area contributed by atoms with Crippen LogP contribution >= 0.6 is 0 Å². The van der Waals surface area contributed by atoms with Crippen molar-refractivity contribution in [1.29, 1.82) is 0 Å². The van der Waals surface area contributed by atoms with Crippen molar-refractivity contribution in [2.45, 2.75) is 37.8 Å². The molecule has 0 unspecified atom stereocenters. The normalized spacial score (nSPS) is 15.3. The van der Waals surface area contributed by atoms with Crippen LogP contribution in [0.1, 0.15) is 48.1 Å². The van der Waals surface area contributed by atoms with E-state index in [0.717, 1.165) is 4.68 Å². The number of carbonyl (C=O) groups is 4. The molecule has 212 valence electrons. The second-order valence-corrected chi connectivity index (χ2v) is 9.36. The van der Waals surface area contributed by atoms with Gasteiger partial charge in [0.15, 0.2) is 17.9 Å². The summed E-state index contributed by atoms with van der Waals surface area (Å²) in [6, 6.07) is 2.62. The van der Waals surface area contributed by atoms with E-state index in [4.69, 9.17) is 9.84 Å². The number of aliphatic carboxylic acids is 2. The zero-order chi connectivity index (χ0) is 28.8. The lowest BCUT2D eigenvalue weighted by Crippen LogP contribution is -2.31. The lowest BCUT2D eigenvalue weighted by Gasteiger charge is -2.21. The Bertz CT molecular complexity index is 1400. The van der Waals surface area contributed by atoms with Gasteiger partial charge in [-0.25, -0.2) is 19.0 Å². The van der Waals surface area contributed by atoms with Crippen molar-refractivity contribution in [1.82, 2.24) is 35.3 Å². The summed E-state index contributed by atoms with van der Waals surface area (Å²) in [5.74, 6) is -3.36. The number of piperidine rings is 1. The molecule has 0 bridgehead atoms. The van der Waals surface area contributed by atoms with Gasteiger partial charge in [-0.15, -0.1) is 10.2 Å². The van der Waals surface area contributed by atoms with Gasteiger partial charge in [0.05, 0.1) is 26.1 Å². The van der Waals surface area contributed by atoms with Crippen molar-refractivity contribution < 1.29 is 39.2 Å². The third-order valence-corrected chi connectivity index (χ3v) is 6.74. The zero-order valence-electron chi connectivity index (χ0n) is 21.6. The van der Waals surface area contributed by atoms with E-state index in [0.29, 0.717) is 48.3 Å². The highest BCUT2D eigenvalue weighted by atomic mass is 16.5. The molecule has 1 aliphatic heterocycles. The van der Waals surface area contributed by atoms with Crippen molar-refractivity contribution in [3.63, 3.8) is 0 Å². The number of nitrogens with one attached hydrogen (secondary N) is 1. The maximum Gasteiger partial charge on any atom is 0.333 e. The number of carboxylic acids is 2. The van der Waals surface area contributed by atoms with E-state index in [-0.39, 0.29) is 30.2 Å². The third kappa shape index (κ3) is 6.38. The molecular weight excluding hydrogens is 526 g/mol. The molecule has 0 amide bonds. The van der Waals surface area contributed by atoms with Crippen LogP contribution in [0.15, 0.2) is 30.6 Å². The number of aliphatic hydroxyl groups excluding tert-OH is 1. The Balaban J connectivity index is 1.74. The highest BCUT2D eigenvalue weighted by molar-refractivity contribution is 6.00. The number of Topliss-reactive ketones (excluding diaryl/α,β-unsaturated/α-hetero) is 1. The Kier molecular flexibility index (Phi) is 8.96. The third-order valence-electron chi connectivity index (χ3n) is 6.74. The van der Waals surface area contributed by atoms with Gasteiger partial charge in [0, 0.05) is 29.0 Å². The van der Waals surface area contributed by atoms with Crippen LogP contribution in [0.3, 0.4) is 0 Å². The first-order chi connectivity index (χ1) is 19.2. The summed E-state index contributed by atoms with van der Waals surface area (Å²) in [5, 5.41) is 47.5. The quantitative estimate of drug-likeness (QED) is 0.178. The van der Waals surface area contributed by atoms with E-state index < -0.39 is 36.6 Å². The van der Waals surface area contributed by atoms with Gasteiger partial charge in [0.2, 0.25) is 0 Å². The van der Waals surface area contributed by atoms with Crippen molar-refractivity contribution in [3.8, 4) is 22.5 Å². The van der Waals surface area contributed by atoms with Crippen LogP contribution in [0, 0.1) is 5.92 Å². The molecule has 1 saturated heterocycles. The highest BCUT2D eigenvalue weighted by Crippen LogP contribution is 2.30. The van der Waals surface area contributed by atoms with Gasteiger partial charge in [-0.1, -0.05) is 10.4 Å². The lowest BCUT2D eigenvalue weighted by molar-refractivity contribution is -0.146. The number of hydrogen-bond donors (Lipinski definition) is 4. The fraction of sp³-hybridized carbons (Fsp3) is 0.440. The summed E-state index contributed by atoms with van der Waals surface area (Å²) in [7, 11) is 1.19. The summed E-state index contributed by atoms with van der Waals surface area (Å²) in [6.45, 7) is 0.869. The number of ketones is 1. The van der Waals surface area contributed by atoms with Crippen molar-refractivity contribution in [2.24, 2.45) is 5.92 Å². The lowest BCUT2D eigenvalue weighted by atomic mass is 9.88. The molecule has 2 aromatic heterocycles. The summed E-state index contributed by atoms with van der Waals surface area (Å²) in [5.41, 5.74) is 1.87. The van der Waals surface area contributed by atoms with Crippen LogP contribution in [-0.2, 0) is 19.1 Å². The molecular formula is C25H29N7O8. The Labute approximate surface area is 227 Å². The van der Waals surface area contributed by atoms with Crippen molar-refractivity contribution >= 4 is 23.7 Å². The van der Waals surface area contributed by atoms with E-state index >= 15 is 0 Å². The number of ether oxygens (including phenoxy) is 1. The van der Waals surface area contributed by atoms with Crippen LogP contribution in [-0.4, -0.2) is 95.8 Å². The fourth-order valence-corrected chi connectivity index (χ4v) is 4.54. The SMILES string of the molecule is COC(=O)[C@H](CO)n1cc(-c2cc(C(=O)C3CCNCC3)cc(-c3cn([C@@H](CCC(=O)O)C(=O)O)nn3)c2)nn1. The molecule has 4 rings (SSSR count). The second-order valence-electron chi connectivity index (χ2n) is 9.36. The molecule has 0 spiro atoms. The molecule has 4 N–H and O–H groups in total. The minimum atomic E-state index is -1.26. The van der Waals surface area contributed by atoms with Crippen molar-refractivity contribution in [2.75, 3.05) is 26.8 Å². The van der Waals surface area contributed by atoms with Crippen LogP contribution in [0.4, 0.5) is 0 Å². The topological polar surface area (TPSA) is 212 Å². The van der Waals surface area contributed by atoms with E-state index in [1.807, 2.05) is 0 Å².